The van der Waals surface area contributed by atoms with Gasteiger partial charge < -0.3 is 19.6 Å². The maximum absolute atomic E-state index is 12.3. The molecular formula is C11H15N3O7P+. The van der Waals surface area contributed by atoms with Crippen LogP contribution >= 0.6 is 7.82 Å². The van der Waals surface area contributed by atoms with Crippen LogP contribution in [0.5, 0.6) is 0 Å². The summed E-state index contributed by atoms with van der Waals surface area (Å²) in [5.41, 5.74) is 0.258. The maximum Gasteiger partial charge on any atom is 0.469 e. The zero-order chi connectivity index (χ0) is 15.9. The lowest BCUT2D eigenvalue weighted by Gasteiger charge is -2.15. The van der Waals surface area contributed by atoms with Gasteiger partial charge in [0.2, 0.25) is 0 Å². The molecule has 0 bridgehead atoms. The highest BCUT2D eigenvalue weighted by atomic mass is 31.2. The molecule has 11 heteroatoms. The van der Waals surface area contributed by atoms with Crippen molar-refractivity contribution < 1.29 is 33.7 Å². The van der Waals surface area contributed by atoms with E-state index in [1.807, 2.05) is 0 Å². The Morgan fingerprint density at radius 2 is 2.23 bits per heavy atom. The van der Waals surface area contributed by atoms with E-state index in [9.17, 15) is 14.5 Å². The van der Waals surface area contributed by atoms with Crippen molar-refractivity contribution in [3.63, 3.8) is 0 Å². The minimum atomic E-state index is -4.64. The van der Waals surface area contributed by atoms with Gasteiger partial charge in [-0.15, -0.1) is 4.40 Å². The van der Waals surface area contributed by atoms with Crippen LogP contribution in [-0.2, 0) is 13.8 Å². The quantitative estimate of drug-likeness (QED) is 0.590. The molecule has 0 spiro atoms. The van der Waals surface area contributed by atoms with Crippen molar-refractivity contribution in [1.29, 1.82) is 0 Å². The third kappa shape index (κ3) is 2.98. The number of phosphoric ester groups is 1. The van der Waals surface area contributed by atoms with Crippen LogP contribution < -0.4 is 10.7 Å². The zero-order valence-electron chi connectivity index (χ0n) is 11.3. The number of aromatic amines is 1. The number of hydrogen-bond donors (Lipinski definition) is 3. The van der Waals surface area contributed by atoms with Crippen molar-refractivity contribution >= 4 is 13.5 Å². The van der Waals surface area contributed by atoms with E-state index in [0.29, 0.717) is 5.65 Å². The molecule has 4 N–H and O–H groups in total. The molecule has 2 aromatic heterocycles. The highest BCUT2D eigenvalue weighted by Gasteiger charge is 2.37. The first-order valence-electron chi connectivity index (χ1n) is 6.49. The summed E-state index contributed by atoms with van der Waals surface area (Å²) in [7, 11) is -4.64. The lowest BCUT2D eigenvalue weighted by atomic mass is 10.2. The predicted octanol–water partition coefficient (Wildman–Crippen LogP) is -1.33. The second-order valence-electron chi connectivity index (χ2n) is 4.94. The Balaban J connectivity index is 1.79. The second-order valence-corrected chi connectivity index (χ2v) is 6.18. The highest BCUT2D eigenvalue weighted by Crippen LogP contribution is 2.38. The summed E-state index contributed by atoms with van der Waals surface area (Å²) in [5, 5.41) is 9.90. The SMILES string of the molecule is O=c1n(C2CC(O)C(COP(=O)(O)O)O2)ccc2[nH+]ccn12. The van der Waals surface area contributed by atoms with Crippen LogP contribution in [0.4, 0.5) is 0 Å². The number of imidazole rings is 1. The van der Waals surface area contributed by atoms with Gasteiger partial charge >= 0.3 is 13.5 Å². The van der Waals surface area contributed by atoms with Gasteiger partial charge in [0.1, 0.15) is 24.7 Å². The number of aromatic nitrogens is 3. The van der Waals surface area contributed by atoms with E-state index in [4.69, 9.17) is 14.5 Å². The number of nitrogens with zero attached hydrogens (tertiary/aromatic N) is 2. The van der Waals surface area contributed by atoms with E-state index >= 15 is 0 Å². The van der Waals surface area contributed by atoms with Gasteiger partial charge in [-0.2, -0.15) is 0 Å². The smallest absolute Gasteiger partial charge is 0.390 e. The molecule has 3 rings (SSSR count). The predicted molar refractivity (Wildman–Crippen MR) is 70.7 cm³/mol. The Kier molecular flexibility index (Phi) is 3.89. The van der Waals surface area contributed by atoms with Crippen molar-refractivity contribution in [1.82, 2.24) is 8.97 Å². The molecule has 0 amide bonds. The van der Waals surface area contributed by atoms with E-state index in [2.05, 4.69) is 9.51 Å². The van der Waals surface area contributed by atoms with Crippen LogP contribution in [0.3, 0.4) is 0 Å². The van der Waals surface area contributed by atoms with Crippen LogP contribution in [0.15, 0.2) is 29.5 Å². The summed E-state index contributed by atoms with van der Waals surface area (Å²) in [6.07, 6.45) is 2.17. The molecule has 0 aliphatic carbocycles. The second kappa shape index (κ2) is 5.58. The van der Waals surface area contributed by atoms with Crippen molar-refractivity contribution in [2.45, 2.75) is 24.9 Å². The Bertz CT molecular complexity index is 781. The van der Waals surface area contributed by atoms with Gasteiger partial charge in [-0.3, -0.25) is 9.09 Å². The lowest BCUT2D eigenvalue weighted by molar-refractivity contribution is -0.343. The van der Waals surface area contributed by atoms with E-state index in [0.717, 1.165) is 0 Å². The molecule has 3 atom stereocenters. The van der Waals surface area contributed by atoms with Gasteiger partial charge in [0.05, 0.1) is 12.7 Å². The number of phosphoric acid groups is 1. The minimum Gasteiger partial charge on any atom is -0.390 e. The number of aliphatic hydroxyl groups is 1. The van der Waals surface area contributed by atoms with Gasteiger partial charge in [-0.1, -0.05) is 0 Å². The molecule has 1 fully saturated rings. The molecule has 3 heterocycles. The molecule has 120 valence electrons. The Morgan fingerprint density at radius 3 is 2.95 bits per heavy atom. The molecule has 0 radical (unpaired) electrons. The van der Waals surface area contributed by atoms with Crippen molar-refractivity contribution in [3.8, 4) is 0 Å². The van der Waals surface area contributed by atoms with Crippen LogP contribution in [0.1, 0.15) is 12.6 Å². The van der Waals surface area contributed by atoms with E-state index in [1.54, 1.807) is 18.5 Å². The third-order valence-corrected chi connectivity index (χ3v) is 3.94. The van der Waals surface area contributed by atoms with Crippen molar-refractivity contribution in [3.05, 3.63) is 35.1 Å². The van der Waals surface area contributed by atoms with Gasteiger partial charge in [0.15, 0.2) is 0 Å². The standard InChI is InChI=1S/C11H14N3O7P/c15-7-5-10(21-8(7)6-20-22(17,18)19)14-3-1-9-12-2-4-13(9)11(14)16/h1-4,7-8,10,15H,5-6H2,(H2,17,18,19)/p+1. The minimum absolute atomic E-state index is 0.117. The van der Waals surface area contributed by atoms with Crippen molar-refractivity contribution in [2.75, 3.05) is 6.61 Å². The zero-order valence-corrected chi connectivity index (χ0v) is 12.2. The number of ether oxygens (including phenoxy) is 1. The molecular weight excluding hydrogens is 317 g/mol. The van der Waals surface area contributed by atoms with Gasteiger partial charge in [-0.25, -0.2) is 14.3 Å². The summed E-state index contributed by atoms with van der Waals surface area (Å²) in [5.74, 6) is 0. The molecule has 1 saturated heterocycles. The topological polar surface area (TPSA) is 137 Å². The first-order chi connectivity index (χ1) is 10.3. The molecule has 0 aromatic carbocycles. The number of nitrogens with one attached hydrogen (secondary N) is 1. The molecule has 22 heavy (non-hydrogen) atoms. The molecule has 1 aliphatic heterocycles. The summed E-state index contributed by atoms with van der Waals surface area (Å²) < 4.78 is 23.2. The largest absolute Gasteiger partial charge is 0.469 e. The molecule has 0 saturated carbocycles. The summed E-state index contributed by atoms with van der Waals surface area (Å²) >= 11 is 0. The Hall–Kier alpha value is -1.55. The molecule has 3 unspecified atom stereocenters. The van der Waals surface area contributed by atoms with Gasteiger partial charge in [0.25, 0.3) is 5.65 Å². The van der Waals surface area contributed by atoms with E-state index < -0.39 is 32.9 Å². The Morgan fingerprint density at radius 1 is 1.45 bits per heavy atom. The van der Waals surface area contributed by atoms with Gasteiger partial charge in [0, 0.05) is 18.7 Å². The first-order valence-corrected chi connectivity index (χ1v) is 8.02. The average Bonchev–Trinajstić information content (AvgIpc) is 3.03. The number of rotatable bonds is 4. The van der Waals surface area contributed by atoms with Crippen LogP contribution in [0.2, 0.25) is 0 Å². The monoisotopic (exact) mass is 332 g/mol. The van der Waals surface area contributed by atoms with Gasteiger partial charge in [-0.05, 0) is 0 Å². The average molecular weight is 332 g/mol. The summed E-state index contributed by atoms with van der Waals surface area (Å²) in [6, 6.07) is 1.68. The van der Waals surface area contributed by atoms with Crippen LogP contribution in [0, 0.1) is 0 Å². The van der Waals surface area contributed by atoms with Crippen molar-refractivity contribution in [2.24, 2.45) is 0 Å². The van der Waals surface area contributed by atoms with E-state index in [1.165, 1.54) is 15.2 Å². The Labute approximate surface area is 123 Å². The van der Waals surface area contributed by atoms with Crippen LogP contribution in [0.25, 0.3) is 5.65 Å². The number of aliphatic hydroxyl groups excluding tert-OH is 1. The lowest BCUT2D eigenvalue weighted by Crippen LogP contribution is -2.30. The van der Waals surface area contributed by atoms with Crippen LogP contribution in [-0.4, -0.2) is 42.7 Å². The highest BCUT2D eigenvalue weighted by molar-refractivity contribution is 7.46. The fourth-order valence-corrected chi connectivity index (χ4v) is 2.75. The third-order valence-electron chi connectivity index (χ3n) is 3.46. The fraction of sp³-hybridized carbons (Fsp3) is 0.455. The number of hydrogen-bond acceptors (Lipinski definition) is 5. The maximum atomic E-state index is 12.3. The normalized spacial score (nSPS) is 25.9. The summed E-state index contributed by atoms with van der Waals surface area (Å²) in [6.45, 7) is -0.462. The van der Waals surface area contributed by atoms with E-state index in [-0.39, 0.29) is 12.1 Å². The molecule has 2 aromatic rings. The molecule has 1 aliphatic rings. The first kappa shape index (κ1) is 15.3. The number of H-pyrrole nitrogens is 1. The summed E-state index contributed by atoms with van der Waals surface area (Å²) in [4.78, 5) is 32.5. The number of fused-ring (bicyclic) bond motifs is 1. The molecule has 10 nitrogen and oxygen atoms in total. The fourth-order valence-electron chi connectivity index (χ4n) is 2.41.